The zero-order valence-electron chi connectivity index (χ0n) is 10.7. The van der Waals surface area contributed by atoms with Crippen LogP contribution in [0.3, 0.4) is 0 Å². The molecule has 1 aromatic carbocycles. The summed E-state index contributed by atoms with van der Waals surface area (Å²) in [5.74, 6) is 0.900. The fraction of sp³-hybridized carbons (Fsp3) is 0.308. The third kappa shape index (κ3) is 3.38. The van der Waals surface area contributed by atoms with Gasteiger partial charge in [0.05, 0.1) is 16.8 Å². The van der Waals surface area contributed by atoms with Crippen molar-refractivity contribution in [1.29, 1.82) is 0 Å². The maximum Gasteiger partial charge on any atom is 0.270 e. The van der Waals surface area contributed by atoms with Gasteiger partial charge in [0.2, 0.25) is 0 Å². The smallest absolute Gasteiger partial charge is 0.270 e. The summed E-state index contributed by atoms with van der Waals surface area (Å²) in [4.78, 5) is 17.8. The van der Waals surface area contributed by atoms with Crippen molar-refractivity contribution in [3.05, 3.63) is 46.4 Å². The van der Waals surface area contributed by atoms with Gasteiger partial charge in [-0.3, -0.25) is 10.1 Å². The Labute approximate surface area is 111 Å². The van der Waals surface area contributed by atoms with E-state index in [0.29, 0.717) is 0 Å². The van der Waals surface area contributed by atoms with Gasteiger partial charge < -0.3 is 10.3 Å². The van der Waals surface area contributed by atoms with Crippen LogP contribution in [-0.4, -0.2) is 28.5 Å². The first-order chi connectivity index (χ1) is 9.20. The quantitative estimate of drug-likeness (QED) is 0.473. The molecule has 2 N–H and O–H groups in total. The van der Waals surface area contributed by atoms with E-state index in [9.17, 15) is 10.1 Å². The number of nitro benzene ring substituents is 1. The lowest BCUT2D eigenvalue weighted by atomic mass is 10.1. The van der Waals surface area contributed by atoms with Gasteiger partial charge in [-0.2, -0.15) is 0 Å². The molecule has 0 spiro atoms. The molecule has 0 aliphatic heterocycles. The Morgan fingerprint density at radius 1 is 1.47 bits per heavy atom. The molecule has 2 rings (SSSR count). The average Bonchev–Trinajstić information content (AvgIpc) is 2.88. The van der Waals surface area contributed by atoms with Gasteiger partial charge in [0.1, 0.15) is 5.82 Å². The van der Waals surface area contributed by atoms with E-state index in [1.165, 1.54) is 6.07 Å². The fourth-order valence-corrected chi connectivity index (χ4v) is 1.86. The zero-order valence-corrected chi connectivity index (χ0v) is 10.7. The fourth-order valence-electron chi connectivity index (χ4n) is 1.86. The SMILES string of the molecule is CNCCCc1ncc(-c2cccc([N+](=O)[O-])c2)[nH]1. The molecule has 0 unspecified atom stereocenters. The topological polar surface area (TPSA) is 83.8 Å². The highest BCUT2D eigenvalue weighted by Gasteiger charge is 2.09. The van der Waals surface area contributed by atoms with Crippen LogP contribution in [0.25, 0.3) is 11.3 Å². The van der Waals surface area contributed by atoms with Crippen LogP contribution in [-0.2, 0) is 6.42 Å². The van der Waals surface area contributed by atoms with Crippen LogP contribution < -0.4 is 5.32 Å². The van der Waals surface area contributed by atoms with E-state index in [1.807, 2.05) is 13.1 Å². The maximum atomic E-state index is 10.7. The van der Waals surface area contributed by atoms with E-state index in [0.717, 1.165) is 36.5 Å². The van der Waals surface area contributed by atoms with Crippen LogP contribution in [0.5, 0.6) is 0 Å². The Morgan fingerprint density at radius 2 is 2.32 bits per heavy atom. The first-order valence-electron chi connectivity index (χ1n) is 6.14. The van der Waals surface area contributed by atoms with Crippen molar-refractivity contribution >= 4 is 5.69 Å². The van der Waals surface area contributed by atoms with Crippen molar-refractivity contribution in [2.75, 3.05) is 13.6 Å². The third-order valence-corrected chi connectivity index (χ3v) is 2.84. The highest BCUT2D eigenvalue weighted by atomic mass is 16.6. The van der Waals surface area contributed by atoms with Crippen molar-refractivity contribution in [3.63, 3.8) is 0 Å². The van der Waals surface area contributed by atoms with Crippen LogP contribution in [0.1, 0.15) is 12.2 Å². The molecule has 0 atom stereocenters. The number of aromatic nitrogens is 2. The van der Waals surface area contributed by atoms with Gasteiger partial charge >= 0.3 is 0 Å². The Morgan fingerprint density at radius 3 is 3.05 bits per heavy atom. The van der Waals surface area contributed by atoms with E-state index in [1.54, 1.807) is 18.3 Å². The highest BCUT2D eigenvalue weighted by Crippen LogP contribution is 2.22. The molecule has 0 saturated heterocycles. The van der Waals surface area contributed by atoms with E-state index < -0.39 is 4.92 Å². The standard InChI is InChI=1S/C13H16N4O2/c1-14-7-3-6-13-15-9-12(16-13)10-4-2-5-11(8-10)17(18)19/h2,4-5,8-9,14H,3,6-7H2,1H3,(H,15,16). The molecule has 100 valence electrons. The van der Waals surface area contributed by atoms with E-state index in [2.05, 4.69) is 15.3 Å². The first kappa shape index (κ1) is 13.2. The third-order valence-electron chi connectivity index (χ3n) is 2.84. The number of nitrogens with one attached hydrogen (secondary N) is 2. The average molecular weight is 260 g/mol. The van der Waals surface area contributed by atoms with Gasteiger partial charge in [-0.25, -0.2) is 4.98 Å². The maximum absolute atomic E-state index is 10.7. The van der Waals surface area contributed by atoms with Gasteiger partial charge in [-0.05, 0) is 20.0 Å². The number of non-ortho nitro benzene ring substituents is 1. The molecule has 1 heterocycles. The molecule has 2 aromatic rings. The molecule has 6 heteroatoms. The van der Waals surface area contributed by atoms with Crippen molar-refractivity contribution in [1.82, 2.24) is 15.3 Å². The molecule has 0 aliphatic rings. The lowest BCUT2D eigenvalue weighted by molar-refractivity contribution is -0.384. The number of benzene rings is 1. The predicted octanol–water partition coefficient (Wildman–Crippen LogP) is 2.14. The van der Waals surface area contributed by atoms with Gasteiger partial charge in [-0.1, -0.05) is 12.1 Å². The second-order valence-electron chi connectivity index (χ2n) is 4.26. The van der Waals surface area contributed by atoms with Crippen molar-refractivity contribution in [2.24, 2.45) is 0 Å². The first-order valence-corrected chi connectivity index (χ1v) is 6.14. The van der Waals surface area contributed by atoms with Crippen LogP contribution in [0.15, 0.2) is 30.5 Å². The van der Waals surface area contributed by atoms with Gasteiger partial charge in [0.25, 0.3) is 5.69 Å². The van der Waals surface area contributed by atoms with Crippen LogP contribution in [0, 0.1) is 10.1 Å². The molecule has 0 radical (unpaired) electrons. The number of hydrogen-bond acceptors (Lipinski definition) is 4. The Balaban J connectivity index is 2.13. The number of H-pyrrole nitrogens is 1. The minimum atomic E-state index is -0.395. The lowest BCUT2D eigenvalue weighted by Gasteiger charge is -1.98. The molecule has 0 saturated carbocycles. The molecule has 0 aliphatic carbocycles. The minimum absolute atomic E-state index is 0.0869. The van der Waals surface area contributed by atoms with Gasteiger partial charge in [0, 0.05) is 24.1 Å². The van der Waals surface area contributed by atoms with E-state index in [-0.39, 0.29) is 5.69 Å². The number of nitro groups is 1. The number of rotatable bonds is 6. The summed E-state index contributed by atoms with van der Waals surface area (Å²) in [7, 11) is 1.91. The summed E-state index contributed by atoms with van der Waals surface area (Å²) < 4.78 is 0. The van der Waals surface area contributed by atoms with Crippen molar-refractivity contribution < 1.29 is 4.92 Å². The van der Waals surface area contributed by atoms with Gasteiger partial charge in [0.15, 0.2) is 0 Å². The lowest BCUT2D eigenvalue weighted by Crippen LogP contribution is -2.08. The summed E-state index contributed by atoms with van der Waals surface area (Å²) in [6.45, 7) is 0.937. The summed E-state index contributed by atoms with van der Waals surface area (Å²) in [6, 6.07) is 6.53. The summed E-state index contributed by atoms with van der Waals surface area (Å²) in [6.07, 6.45) is 3.57. The number of nitrogens with zero attached hydrogens (tertiary/aromatic N) is 2. The molecule has 0 bridgehead atoms. The normalized spacial score (nSPS) is 10.6. The van der Waals surface area contributed by atoms with Gasteiger partial charge in [-0.15, -0.1) is 0 Å². The Kier molecular flexibility index (Phi) is 4.25. The highest BCUT2D eigenvalue weighted by molar-refractivity contribution is 5.61. The summed E-state index contributed by atoms with van der Waals surface area (Å²) in [5, 5.41) is 13.8. The number of aryl methyl sites for hydroxylation is 1. The Bertz CT molecular complexity index is 565. The van der Waals surface area contributed by atoms with Crippen molar-refractivity contribution in [2.45, 2.75) is 12.8 Å². The second kappa shape index (κ2) is 6.10. The zero-order chi connectivity index (χ0) is 13.7. The molecule has 1 aromatic heterocycles. The predicted molar refractivity (Wildman–Crippen MR) is 72.9 cm³/mol. The summed E-state index contributed by atoms with van der Waals surface area (Å²) >= 11 is 0. The molecule has 19 heavy (non-hydrogen) atoms. The second-order valence-corrected chi connectivity index (χ2v) is 4.26. The Hall–Kier alpha value is -2.21. The van der Waals surface area contributed by atoms with Crippen LogP contribution in [0.2, 0.25) is 0 Å². The summed E-state index contributed by atoms with van der Waals surface area (Å²) in [5.41, 5.74) is 1.67. The van der Waals surface area contributed by atoms with E-state index >= 15 is 0 Å². The molecule has 6 nitrogen and oxygen atoms in total. The van der Waals surface area contributed by atoms with E-state index in [4.69, 9.17) is 0 Å². The minimum Gasteiger partial charge on any atom is -0.342 e. The number of aromatic amines is 1. The van der Waals surface area contributed by atoms with Crippen molar-refractivity contribution in [3.8, 4) is 11.3 Å². The number of imidazole rings is 1. The van der Waals surface area contributed by atoms with Crippen LogP contribution >= 0.6 is 0 Å². The largest absolute Gasteiger partial charge is 0.342 e. The molecular weight excluding hydrogens is 244 g/mol. The monoisotopic (exact) mass is 260 g/mol. The number of hydrogen-bond donors (Lipinski definition) is 2. The molecule has 0 amide bonds. The molecular formula is C13H16N4O2. The van der Waals surface area contributed by atoms with Crippen LogP contribution in [0.4, 0.5) is 5.69 Å². The molecule has 0 fully saturated rings.